The standard InChI is InChI=1S/C21H42N2O/c1-18(2)23-15-10-21(11-16-23)9-14-22-12-7-20(8-13-22)6-5-17-24-19(3)4/h18-21H,5-17H2,1-4H3. The maximum Gasteiger partial charge on any atom is 0.0518 e. The Bertz CT molecular complexity index is 316. The van der Waals surface area contributed by atoms with E-state index >= 15 is 0 Å². The molecule has 0 N–H and O–H groups in total. The fourth-order valence-electron chi connectivity index (χ4n) is 4.31. The molecule has 2 heterocycles. The largest absolute Gasteiger partial charge is 0.379 e. The van der Waals surface area contributed by atoms with Crippen molar-refractivity contribution in [1.82, 2.24) is 9.80 Å². The highest BCUT2D eigenvalue weighted by Crippen LogP contribution is 2.25. The van der Waals surface area contributed by atoms with Crippen LogP contribution in [0.25, 0.3) is 0 Å². The molecule has 0 amide bonds. The zero-order valence-electron chi connectivity index (χ0n) is 16.8. The Morgan fingerprint density at radius 3 is 2.00 bits per heavy atom. The second-order valence-electron chi connectivity index (χ2n) is 8.71. The number of nitrogens with zero attached hydrogens (tertiary/aromatic N) is 2. The summed E-state index contributed by atoms with van der Waals surface area (Å²) in [4.78, 5) is 5.38. The van der Waals surface area contributed by atoms with Crippen LogP contribution in [0.4, 0.5) is 0 Å². The number of ether oxygens (including phenoxy) is 1. The first kappa shape index (κ1) is 20.2. The zero-order chi connectivity index (χ0) is 17.4. The monoisotopic (exact) mass is 338 g/mol. The molecule has 2 rings (SSSR count). The van der Waals surface area contributed by atoms with Crippen LogP contribution in [0.2, 0.25) is 0 Å². The van der Waals surface area contributed by atoms with Gasteiger partial charge in [0.25, 0.3) is 0 Å². The van der Waals surface area contributed by atoms with Gasteiger partial charge in [-0.1, -0.05) is 0 Å². The summed E-state index contributed by atoms with van der Waals surface area (Å²) in [6, 6.07) is 0.732. The molecule has 0 spiro atoms. The summed E-state index contributed by atoms with van der Waals surface area (Å²) >= 11 is 0. The molecule has 0 aromatic heterocycles. The SMILES string of the molecule is CC(C)OCCCC1CCN(CCC2CCN(C(C)C)CC2)CC1. The van der Waals surface area contributed by atoms with E-state index in [9.17, 15) is 0 Å². The highest BCUT2D eigenvalue weighted by molar-refractivity contribution is 4.77. The summed E-state index contributed by atoms with van der Waals surface area (Å²) in [5.41, 5.74) is 0. The third kappa shape index (κ3) is 7.41. The lowest BCUT2D eigenvalue weighted by Crippen LogP contribution is -2.40. The molecule has 2 fully saturated rings. The predicted molar refractivity (Wildman–Crippen MR) is 104 cm³/mol. The highest BCUT2D eigenvalue weighted by Gasteiger charge is 2.23. The smallest absolute Gasteiger partial charge is 0.0518 e. The van der Waals surface area contributed by atoms with Gasteiger partial charge in [-0.25, -0.2) is 0 Å². The molecule has 142 valence electrons. The summed E-state index contributed by atoms with van der Waals surface area (Å²) in [7, 11) is 0. The topological polar surface area (TPSA) is 15.7 Å². The predicted octanol–water partition coefficient (Wildman–Crippen LogP) is 4.41. The van der Waals surface area contributed by atoms with Crippen LogP contribution in [0, 0.1) is 11.8 Å². The quantitative estimate of drug-likeness (QED) is 0.579. The van der Waals surface area contributed by atoms with Gasteiger partial charge in [0.05, 0.1) is 6.10 Å². The van der Waals surface area contributed by atoms with Crippen molar-refractivity contribution >= 4 is 0 Å². The minimum absolute atomic E-state index is 0.388. The molecule has 0 aromatic carbocycles. The fraction of sp³-hybridized carbons (Fsp3) is 1.00. The minimum Gasteiger partial charge on any atom is -0.379 e. The Balaban J connectivity index is 1.51. The van der Waals surface area contributed by atoms with Crippen molar-refractivity contribution in [1.29, 1.82) is 0 Å². The molecule has 0 bridgehead atoms. The summed E-state index contributed by atoms with van der Waals surface area (Å²) in [5.74, 6) is 1.93. The summed E-state index contributed by atoms with van der Waals surface area (Å²) in [5, 5.41) is 0. The molecule has 3 nitrogen and oxygen atoms in total. The van der Waals surface area contributed by atoms with Crippen LogP contribution < -0.4 is 0 Å². The van der Waals surface area contributed by atoms with Gasteiger partial charge in [-0.05, 0) is 117 Å². The van der Waals surface area contributed by atoms with Gasteiger partial charge in [-0.15, -0.1) is 0 Å². The molecule has 0 unspecified atom stereocenters. The third-order valence-electron chi connectivity index (χ3n) is 6.15. The number of hydrogen-bond donors (Lipinski definition) is 0. The average molecular weight is 339 g/mol. The average Bonchev–Trinajstić information content (AvgIpc) is 2.58. The molecule has 0 aliphatic carbocycles. The number of piperidine rings is 2. The van der Waals surface area contributed by atoms with Crippen LogP contribution in [0.5, 0.6) is 0 Å². The first-order chi connectivity index (χ1) is 11.5. The van der Waals surface area contributed by atoms with Crippen molar-refractivity contribution in [3.8, 4) is 0 Å². The van der Waals surface area contributed by atoms with E-state index in [-0.39, 0.29) is 0 Å². The van der Waals surface area contributed by atoms with E-state index in [4.69, 9.17) is 4.74 Å². The summed E-state index contributed by atoms with van der Waals surface area (Å²) in [6.07, 6.45) is 10.1. The molecule has 0 saturated carbocycles. The first-order valence-corrected chi connectivity index (χ1v) is 10.6. The Kier molecular flexibility index (Phi) is 9.07. The van der Waals surface area contributed by atoms with Crippen molar-refractivity contribution < 1.29 is 4.74 Å². The lowest BCUT2D eigenvalue weighted by molar-refractivity contribution is 0.0700. The van der Waals surface area contributed by atoms with E-state index in [2.05, 4.69) is 37.5 Å². The molecule has 3 heteroatoms. The van der Waals surface area contributed by atoms with Gasteiger partial charge in [0, 0.05) is 12.6 Å². The normalized spacial score (nSPS) is 22.8. The second kappa shape index (κ2) is 10.8. The number of likely N-dealkylation sites (tertiary alicyclic amines) is 2. The molecule has 24 heavy (non-hydrogen) atoms. The van der Waals surface area contributed by atoms with E-state index in [1.54, 1.807) is 0 Å². The van der Waals surface area contributed by atoms with Crippen LogP contribution in [0.3, 0.4) is 0 Å². The van der Waals surface area contributed by atoms with E-state index in [1.165, 1.54) is 77.7 Å². The van der Waals surface area contributed by atoms with Gasteiger partial charge in [-0.3, -0.25) is 0 Å². The lowest BCUT2D eigenvalue weighted by Gasteiger charge is -2.36. The Morgan fingerprint density at radius 2 is 1.42 bits per heavy atom. The fourth-order valence-corrected chi connectivity index (χ4v) is 4.31. The van der Waals surface area contributed by atoms with Crippen LogP contribution in [0.1, 0.15) is 72.6 Å². The molecule has 2 saturated heterocycles. The highest BCUT2D eigenvalue weighted by atomic mass is 16.5. The number of rotatable bonds is 9. The van der Waals surface area contributed by atoms with Crippen LogP contribution >= 0.6 is 0 Å². The molecular formula is C21H42N2O. The maximum atomic E-state index is 5.67. The van der Waals surface area contributed by atoms with E-state index in [1.807, 2.05) is 0 Å². The van der Waals surface area contributed by atoms with Crippen molar-refractivity contribution in [2.45, 2.75) is 84.8 Å². The third-order valence-corrected chi connectivity index (χ3v) is 6.15. The van der Waals surface area contributed by atoms with E-state index < -0.39 is 0 Å². The van der Waals surface area contributed by atoms with Crippen molar-refractivity contribution in [3.63, 3.8) is 0 Å². The van der Waals surface area contributed by atoms with Crippen molar-refractivity contribution in [2.75, 3.05) is 39.3 Å². The molecule has 2 aliphatic heterocycles. The van der Waals surface area contributed by atoms with Gasteiger partial charge in [0.15, 0.2) is 0 Å². The summed E-state index contributed by atoms with van der Waals surface area (Å²) in [6.45, 7) is 16.5. The van der Waals surface area contributed by atoms with Gasteiger partial charge in [-0.2, -0.15) is 0 Å². The molecular weight excluding hydrogens is 296 g/mol. The minimum atomic E-state index is 0.388. The van der Waals surface area contributed by atoms with E-state index in [0.717, 1.165) is 24.5 Å². The molecule has 2 aliphatic rings. The summed E-state index contributed by atoms with van der Waals surface area (Å²) < 4.78 is 5.67. The molecule has 0 aromatic rings. The Morgan fingerprint density at radius 1 is 0.833 bits per heavy atom. The van der Waals surface area contributed by atoms with Gasteiger partial charge < -0.3 is 14.5 Å². The maximum absolute atomic E-state index is 5.67. The van der Waals surface area contributed by atoms with Gasteiger partial charge in [0.2, 0.25) is 0 Å². The second-order valence-corrected chi connectivity index (χ2v) is 8.71. The lowest BCUT2D eigenvalue weighted by atomic mass is 9.90. The number of hydrogen-bond acceptors (Lipinski definition) is 3. The zero-order valence-corrected chi connectivity index (χ0v) is 16.8. The van der Waals surface area contributed by atoms with Crippen LogP contribution in [0.15, 0.2) is 0 Å². The Labute approximate surface area is 151 Å². The van der Waals surface area contributed by atoms with Crippen LogP contribution in [-0.2, 0) is 4.74 Å². The van der Waals surface area contributed by atoms with Gasteiger partial charge >= 0.3 is 0 Å². The Hall–Kier alpha value is -0.120. The molecule has 0 atom stereocenters. The van der Waals surface area contributed by atoms with E-state index in [0.29, 0.717) is 6.10 Å². The van der Waals surface area contributed by atoms with Crippen molar-refractivity contribution in [2.24, 2.45) is 11.8 Å². The van der Waals surface area contributed by atoms with Crippen LogP contribution in [-0.4, -0.2) is 61.3 Å². The first-order valence-electron chi connectivity index (χ1n) is 10.6. The van der Waals surface area contributed by atoms with Crippen molar-refractivity contribution in [3.05, 3.63) is 0 Å². The molecule has 0 radical (unpaired) electrons. The van der Waals surface area contributed by atoms with Gasteiger partial charge in [0.1, 0.15) is 0 Å².